The lowest BCUT2D eigenvalue weighted by Gasteiger charge is -2.08. The van der Waals surface area contributed by atoms with Gasteiger partial charge in [0.2, 0.25) is 10.0 Å². The summed E-state index contributed by atoms with van der Waals surface area (Å²) in [5.41, 5.74) is 6.22. The zero-order valence-corrected chi connectivity index (χ0v) is 12.5. The van der Waals surface area contributed by atoms with Crippen molar-refractivity contribution in [2.75, 3.05) is 18.1 Å². The molecule has 112 valence electrons. The van der Waals surface area contributed by atoms with Crippen LogP contribution in [0.25, 0.3) is 0 Å². The van der Waals surface area contributed by atoms with Gasteiger partial charge in [-0.25, -0.2) is 13.1 Å². The van der Waals surface area contributed by atoms with Crippen molar-refractivity contribution in [1.82, 2.24) is 4.72 Å². The number of nitrogen functional groups attached to an aromatic ring is 1. The smallest absolute Gasteiger partial charge is 0.215 e. The summed E-state index contributed by atoms with van der Waals surface area (Å²) in [6.07, 6.45) is 3.16. The Morgan fingerprint density at radius 2 is 2.05 bits per heavy atom. The van der Waals surface area contributed by atoms with Gasteiger partial charge in [0.15, 0.2) is 0 Å². The highest BCUT2D eigenvalue weighted by Crippen LogP contribution is 2.34. The van der Waals surface area contributed by atoms with Gasteiger partial charge >= 0.3 is 0 Å². The molecule has 0 heterocycles. The van der Waals surface area contributed by atoms with E-state index in [2.05, 4.69) is 11.6 Å². The van der Waals surface area contributed by atoms with Crippen molar-refractivity contribution in [3.05, 3.63) is 24.3 Å². The number of benzene rings is 1. The highest BCUT2D eigenvalue weighted by atomic mass is 32.2. The summed E-state index contributed by atoms with van der Waals surface area (Å²) in [5.74, 6) is 1.13. The lowest BCUT2D eigenvalue weighted by Crippen LogP contribution is -2.31. The minimum Gasteiger partial charge on any atom is -0.492 e. The lowest BCUT2D eigenvalue weighted by atomic mass is 10.2. The number of anilines is 1. The first-order valence-corrected chi connectivity index (χ1v) is 8.64. The van der Waals surface area contributed by atoms with E-state index in [0.717, 1.165) is 19.3 Å². The average molecular weight is 298 g/mol. The normalized spacial score (nSPS) is 21.6. The average Bonchev–Trinajstić information content (AvgIpc) is 3.09. The van der Waals surface area contributed by atoms with E-state index in [1.807, 2.05) is 0 Å². The predicted octanol–water partition coefficient (Wildman–Crippen LogP) is 1.76. The van der Waals surface area contributed by atoms with Gasteiger partial charge in [-0.2, -0.15) is 0 Å². The summed E-state index contributed by atoms with van der Waals surface area (Å²) in [6.45, 7) is 2.26. The minimum absolute atomic E-state index is 0.0211. The third-order valence-electron chi connectivity index (χ3n) is 3.41. The van der Waals surface area contributed by atoms with Crippen LogP contribution in [0.5, 0.6) is 5.75 Å². The van der Waals surface area contributed by atoms with Crippen LogP contribution in [0.3, 0.4) is 0 Å². The molecule has 2 unspecified atom stereocenters. The molecule has 5 nitrogen and oxygen atoms in total. The Bertz CT molecular complexity index is 528. The molecule has 20 heavy (non-hydrogen) atoms. The standard InChI is InChI=1S/C14H22N2O3S/c1-2-3-11-10-14(11)16-20(17,18)9-8-19-13-6-4-12(15)5-7-13/h4-7,11,14,16H,2-3,8-10,15H2,1H3. The van der Waals surface area contributed by atoms with E-state index < -0.39 is 10.0 Å². The molecule has 0 saturated heterocycles. The summed E-state index contributed by atoms with van der Waals surface area (Å²) >= 11 is 0. The first kappa shape index (κ1) is 15.1. The predicted molar refractivity (Wildman–Crippen MR) is 80.1 cm³/mol. The Kier molecular flexibility index (Phi) is 4.88. The maximum atomic E-state index is 11.9. The molecule has 0 spiro atoms. The molecule has 0 aromatic heterocycles. The van der Waals surface area contributed by atoms with Gasteiger partial charge in [-0.3, -0.25) is 0 Å². The first-order chi connectivity index (χ1) is 9.50. The molecular formula is C14H22N2O3S. The molecule has 1 aliphatic rings. The monoisotopic (exact) mass is 298 g/mol. The van der Waals surface area contributed by atoms with Crippen LogP contribution < -0.4 is 15.2 Å². The van der Waals surface area contributed by atoms with Crippen LogP contribution in [0.1, 0.15) is 26.2 Å². The van der Waals surface area contributed by atoms with Gasteiger partial charge in [0, 0.05) is 11.7 Å². The molecule has 0 radical (unpaired) electrons. The molecule has 0 bridgehead atoms. The zero-order chi connectivity index (χ0) is 14.6. The van der Waals surface area contributed by atoms with Crippen molar-refractivity contribution in [3.63, 3.8) is 0 Å². The summed E-state index contributed by atoms with van der Waals surface area (Å²) in [4.78, 5) is 0. The van der Waals surface area contributed by atoms with Crippen LogP contribution in [0.15, 0.2) is 24.3 Å². The Morgan fingerprint density at radius 3 is 2.70 bits per heavy atom. The Hall–Kier alpha value is -1.27. The fourth-order valence-corrected chi connectivity index (χ4v) is 3.38. The molecule has 0 aliphatic heterocycles. The highest BCUT2D eigenvalue weighted by molar-refractivity contribution is 7.89. The SMILES string of the molecule is CCCC1CC1NS(=O)(=O)CCOc1ccc(N)cc1. The Balaban J connectivity index is 1.71. The van der Waals surface area contributed by atoms with Crippen molar-refractivity contribution in [1.29, 1.82) is 0 Å². The van der Waals surface area contributed by atoms with Crippen molar-refractivity contribution in [2.45, 2.75) is 32.2 Å². The van der Waals surface area contributed by atoms with Crippen LogP contribution in [0, 0.1) is 5.92 Å². The fourth-order valence-electron chi connectivity index (χ4n) is 2.20. The molecule has 1 aliphatic carbocycles. The van der Waals surface area contributed by atoms with Gasteiger partial charge in [0.1, 0.15) is 12.4 Å². The van der Waals surface area contributed by atoms with E-state index in [9.17, 15) is 8.42 Å². The summed E-state index contributed by atoms with van der Waals surface area (Å²) < 4.78 is 31.9. The number of rotatable bonds is 8. The van der Waals surface area contributed by atoms with Gasteiger partial charge in [-0.05, 0) is 43.0 Å². The van der Waals surface area contributed by atoms with Crippen LogP contribution in [0.2, 0.25) is 0 Å². The number of hydrogen-bond acceptors (Lipinski definition) is 4. The van der Waals surface area contributed by atoms with Gasteiger partial charge in [-0.15, -0.1) is 0 Å². The molecule has 0 amide bonds. The first-order valence-electron chi connectivity index (χ1n) is 6.98. The van der Waals surface area contributed by atoms with Crippen molar-refractivity contribution in [3.8, 4) is 5.75 Å². The molecule has 2 rings (SSSR count). The maximum Gasteiger partial charge on any atom is 0.215 e. The van der Waals surface area contributed by atoms with Crippen LogP contribution in [-0.4, -0.2) is 26.8 Å². The van der Waals surface area contributed by atoms with E-state index in [0.29, 0.717) is 17.4 Å². The van der Waals surface area contributed by atoms with E-state index in [-0.39, 0.29) is 18.4 Å². The van der Waals surface area contributed by atoms with Gasteiger partial charge in [0.25, 0.3) is 0 Å². The zero-order valence-electron chi connectivity index (χ0n) is 11.7. The molecular weight excluding hydrogens is 276 g/mol. The minimum atomic E-state index is -3.25. The van der Waals surface area contributed by atoms with Crippen molar-refractivity contribution >= 4 is 15.7 Å². The highest BCUT2D eigenvalue weighted by Gasteiger charge is 2.38. The van der Waals surface area contributed by atoms with Gasteiger partial charge in [-0.1, -0.05) is 13.3 Å². The summed E-state index contributed by atoms with van der Waals surface area (Å²) in [6, 6.07) is 7.04. The fraction of sp³-hybridized carbons (Fsp3) is 0.571. The third kappa shape index (κ3) is 4.68. The second kappa shape index (κ2) is 6.45. The topological polar surface area (TPSA) is 81.4 Å². The van der Waals surface area contributed by atoms with Crippen molar-refractivity contribution in [2.24, 2.45) is 5.92 Å². The summed E-state index contributed by atoms with van der Waals surface area (Å²) in [5, 5.41) is 0. The summed E-state index contributed by atoms with van der Waals surface area (Å²) in [7, 11) is -3.25. The molecule has 1 aromatic carbocycles. The number of sulfonamides is 1. The van der Waals surface area contributed by atoms with E-state index in [1.165, 1.54) is 0 Å². The largest absolute Gasteiger partial charge is 0.492 e. The van der Waals surface area contributed by atoms with E-state index >= 15 is 0 Å². The second-order valence-electron chi connectivity index (χ2n) is 5.25. The Labute approximate surface area is 120 Å². The van der Waals surface area contributed by atoms with Gasteiger partial charge in [0.05, 0.1) is 5.75 Å². The lowest BCUT2D eigenvalue weighted by molar-refractivity contribution is 0.340. The quantitative estimate of drug-likeness (QED) is 0.716. The number of nitrogens with two attached hydrogens (primary N) is 1. The third-order valence-corrected chi connectivity index (χ3v) is 4.78. The maximum absolute atomic E-state index is 11.9. The molecule has 3 N–H and O–H groups in total. The van der Waals surface area contributed by atoms with Gasteiger partial charge < -0.3 is 10.5 Å². The molecule has 1 fully saturated rings. The number of hydrogen-bond donors (Lipinski definition) is 2. The molecule has 6 heteroatoms. The molecule has 1 saturated carbocycles. The molecule has 2 atom stereocenters. The van der Waals surface area contributed by atoms with Crippen LogP contribution in [-0.2, 0) is 10.0 Å². The van der Waals surface area contributed by atoms with Crippen molar-refractivity contribution < 1.29 is 13.2 Å². The number of ether oxygens (including phenoxy) is 1. The van der Waals surface area contributed by atoms with E-state index in [1.54, 1.807) is 24.3 Å². The van der Waals surface area contributed by atoms with Crippen LogP contribution in [0.4, 0.5) is 5.69 Å². The van der Waals surface area contributed by atoms with Crippen LogP contribution >= 0.6 is 0 Å². The second-order valence-corrected chi connectivity index (χ2v) is 7.12. The Morgan fingerprint density at radius 1 is 1.35 bits per heavy atom. The van der Waals surface area contributed by atoms with E-state index in [4.69, 9.17) is 10.5 Å². The number of nitrogens with one attached hydrogen (secondary N) is 1. The molecule has 1 aromatic rings.